The smallest absolute Gasteiger partial charge is 0.543 e. The van der Waals surface area contributed by atoms with Gasteiger partial charge in [-0.05, 0) is 17.1 Å². The Balaban J connectivity index is 0.00000306. The Hall–Kier alpha value is -1.69. The van der Waals surface area contributed by atoms with Crippen molar-refractivity contribution in [2.45, 2.75) is 15.6 Å². The Morgan fingerprint density at radius 2 is 2.27 bits per heavy atom. The summed E-state index contributed by atoms with van der Waals surface area (Å²) in [7, 11) is 1.27. The van der Waals surface area contributed by atoms with E-state index in [2.05, 4.69) is 25.0 Å². The van der Waals surface area contributed by atoms with Gasteiger partial charge in [0.2, 0.25) is 0 Å². The summed E-state index contributed by atoms with van der Waals surface area (Å²) >= 11 is 5.06. The summed E-state index contributed by atoms with van der Waals surface area (Å²) in [5.41, 5.74) is 6.08. The molecule has 2 aliphatic heterocycles. The van der Waals surface area contributed by atoms with Crippen molar-refractivity contribution in [2.24, 2.45) is 5.16 Å². The van der Waals surface area contributed by atoms with E-state index in [0.717, 1.165) is 20.4 Å². The van der Waals surface area contributed by atoms with Gasteiger partial charge in [-0.2, -0.15) is 0 Å². The second-order valence-corrected chi connectivity index (χ2v) is 10.4. The van der Waals surface area contributed by atoms with Crippen LogP contribution in [0, 0.1) is 0 Å². The molecule has 1 saturated heterocycles. The van der Waals surface area contributed by atoms with Gasteiger partial charge < -0.3 is 25.8 Å². The fourth-order valence-corrected chi connectivity index (χ4v) is 6.52. The van der Waals surface area contributed by atoms with Crippen LogP contribution in [0.25, 0.3) is 0 Å². The number of hydrogen-bond donors (Lipinski definition) is 2. The summed E-state index contributed by atoms with van der Waals surface area (Å²) < 4.78 is 4.59. The molecule has 33 heavy (non-hydrogen) atoms. The number of aliphatic carboxylic acids is 1. The third-order valence-corrected chi connectivity index (χ3v) is 8.35. The van der Waals surface area contributed by atoms with E-state index in [1.54, 1.807) is 6.20 Å². The van der Waals surface area contributed by atoms with E-state index in [-0.39, 0.29) is 51.8 Å². The monoisotopic (exact) mass is 535 g/mol. The molecule has 1 fully saturated rings. The number of thioether (sulfide) groups is 2. The van der Waals surface area contributed by atoms with Crippen LogP contribution in [-0.2, 0) is 19.2 Å². The van der Waals surface area contributed by atoms with Crippen LogP contribution in [-0.4, -0.2) is 73.0 Å². The number of thiazole rings is 1. The average molecular weight is 536 g/mol. The molecule has 2 aromatic heterocycles. The van der Waals surface area contributed by atoms with Crippen molar-refractivity contribution in [1.82, 2.24) is 24.8 Å². The summed E-state index contributed by atoms with van der Waals surface area (Å²) in [6.45, 7) is 0. The Morgan fingerprint density at radius 3 is 2.88 bits per heavy atom. The van der Waals surface area contributed by atoms with Gasteiger partial charge in [0.1, 0.15) is 28.4 Å². The molecule has 3 N–H and O–H groups in total. The van der Waals surface area contributed by atoms with Gasteiger partial charge in [0.25, 0.3) is 11.8 Å². The summed E-state index contributed by atoms with van der Waals surface area (Å²) in [5.74, 6) is -1.96. The van der Waals surface area contributed by atoms with E-state index in [9.17, 15) is 19.5 Å². The topological polar surface area (TPSA) is 176 Å². The van der Waals surface area contributed by atoms with Gasteiger partial charge in [0.05, 0.1) is 17.9 Å². The van der Waals surface area contributed by atoms with Crippen molar-refractivity contribution < 1.29 is 53.9 Å². The number of carboxylic acid groups (broad SMARTS) is 1. The van der Waals surface area contributed by atoms with Crippen LogP contribution in [0.2, 0.25) is 0 Å². The summed E-state index contributed by atoms with van der Waals surface area (Å²) in [4.78, 5) is 47.2. The number of rotatable bonds is 8. The zero-order valence-corrected chi connectivity index (χ0v) is 22.5. The normalized spacial score (nSPS) is 20.0. The standard InChI is InChI=1S/C16H15N7O5S4.Na/c1-28-21-9(7-5-31-16(17)19-7)12(24)20-10-13(25)23-11(15(26)27)6(4-30-14(10)23)3-29-8-2-18-22-32-8;/h2,5,10,14H,3-4H2,1H3,(H2,17,19)(H,20,24)(H,26,27);/q;+1/p-1/b21-9-;/t10-,14+;/m1./s1. The fourth-order valence-electron chi connectivity index (χ4n) is 3.06. The number of anilines is 1. The van der Waals surface area contributed by atoms with Crippen LogP contribution in [0.1, 0.15) is 5.69 Å². The number of carboxylic acids is 1. The second kappa shape index (κ2) is 11.2. The van der Waals surface area contributed by atoms with Crippen LogP contribution in [0.15, 0.2) is 32.2 Å². The molecule has 2 aromatic rings. The SMILES string of the molecule is CO/N=C(\C(=O)N[C@@H]1C(=O)N2C(C(=O)[O-])=C(CSc3cnns3)CS[C@@H]12)c1csc(N)n1.[Na+]. The molecule has 2 amide bonds. The number of carbonyl (C=O) groups is 3. The molecule has 0 spiro atoms. The molecule has 4 rings (SSSR count). The van der Waals surface area contributed by atoms with E-state index in [4.69, 9.17) is 10.6 Å². The first kappa shape index (κ1) is 25.9. The van der Waals surface area contributed by atoms with Crippen molar-refractivity contribution in [3.63, 3.8) is 0 Å². The number of aromatic nitrogens is 3. The fraction of sp³-hybridized carbons (Fsp3) is 0.312. The summed E-state index contributed by atoms with van der Waals surface area (Å²) in [6.07, 6.45) is 1.59. The minimum Gasteiger partial charge on any atom is -0.543 e. The Labute approximate surface area is 225 Å². The van der Waals surface area contributed by atoms with Crippen molar-refractivity contribution in [1.29, 1.82) is 0 Å². The molecular formula is C16H14N7NaO5S4. The largest absolute Gasteiger partial charge is 1.00 e. The molecule has 0 saturated carbocycles. The number of fused-ring (bicyclic) bond motifs is 1. The van der Waals surface area contributed by atoms with Gasteiger partial charge in [-0.25, -0.2) is 4.98 Å². The Bertz CT molecular complexity index is 1120. The first-order chi connectivity index (χ1) is 15.4. The van der Waals surface area contributed by atoms with Crippen LogP contribution >= 0.6 is 46.4 Å². The van der Waals surface area contributed by atoms with E-state index in [1.807, 2.05) is 0 Å². The van der Waals surface area contributed by atoms with Crippen LogP contribution < -0.4 is 45.7 Å². The van der Waals surface area contributed by atoms with E-state index in [0.29, 0.717) is 17.1 Å². The van der Waals surface area contributed by atoms with Crippen LogP contribution in [0.3, 0.4) is 0 Å². The molecule has 2 aliphatic rings. The molecule has 12 nitrogen and oxygen atoms in total. The minimum atomic E-state index is -1.44. The van der Waals surface area contributed by atoms with Gasteiger partial charge in [-0.1, -0.05) is 9.64 Å². The molecule has 168 valence electrons. The quantitative estimate of drug-likeness (QED) is 0.111. The second-order valence-electron chi connectivity index (χ2n) is 6.32. The van der Waals surface area contributed by atoms with Crippen molar-refractivity contribution >= 4 is 75.0 Å². The zero-order chi connectivity index (χ0) is 22.8. The van der Waals surface area contributed by atoms with E-state index >= 15 is 0 Å². The van der Waals surface area contributed by atoms with E-state index in [1.165, 1.54) is 47.5 Å². The number of β-lactam (4-membered cyclic amide) rings is 1. The molecule has 2 atom stereocenters. The molecular weight excluding hydrogens is 521 g/mol. The first-order valence-electron chi connectivity index (χ1n) is 8.82. The molecule has 17 heteroatoms. The minimum absolute atomic E-state index is 0. The molecule has 0 aromatic carbocycles. The maximum atomic E-state index is 12.8. The summed E-state index contributed by atoms with van der Waals surface area (Å²) in [6, 6.07) is -0.931. The van der Waals surface area contributed by atoms with Gasteiger partial charge in [0.15, 0.2) is 10.8 Å². The van der Waals surface area contributed by atoms with Crippen molar-refractivity contribution in [3.8, 4) is 0 Å². The van der Waals surface area contributed by atoms with E-state index < -0.39 is 29.2 Å². The predicted molar refractivity (Wildman–Crippen MR) is 118 cm³/mol. The number of oxime groups is 1. The maximum Gasteiger partial charge on any atom is 1.00 e. The zero-order valence-electron chi connectivity index (χ0n) is 17.2. The van der Waals surface area contributed by atoms with Crippen molar-refractivity contribution in [2.75, 3.05) is 24.3 Å². The molecule has 4 heterocycles. The molecule has 0 aliphatic carbocycles. The molecule has 0 bridgehead atoms. The van der Waals surface area contributed by atoms with Gasteiger partial charge in [-0.3, -0.25) is 14.5 Å². The van der Waals surface area contributed by atoms with Gasteiger partial charge in [-0.15, -0.1) is 40.0 Å². The van der Waals surface area contributed by atoms with Crippen LogP contribution in [0.4, 0.5) is 5.13 Å². The number of nitrogen functional groups attached to an aromatic ring is 1. The Kier molecular flexibility index (Phi) is 8.76. The number of nitrogens with two attached hydrogens (primary N) is 1. The van der Waals surface area contributed by atoms with Gasteiger partial charge >= 0.3 is 29.6 Å². The first-order valence-corrected chi connectivity index (χ1v) is 12.5. The number of nitrogens with zero attached hydrogens (tertiary/aromatic N) is 5. The number of nitrogens with one attached hydrogen (secondary N) is 1. The molecule has 0 unspecified atom stereocenters. The predicted octanol–water partition coefficient (Wildman–Crippen LogP) is -3.87. The number of amides is 2. The summed E-state index contributed by atoms with van der Waals surface area (Å²) in [5, 5.41) is 23.0. The Morgan fingerprint density at radius 1 is 1.48 bits per heavy atom. The number of carbonyl (C=O) groups excluding carboxylic acids is 3. The third kappa shape index (κ3) is 5.36. The molecule has 0 radical (unpaired) electrons. The number of hydrogen-bond acceptors (Lipinski definition) is 14. The van der Waals surface area contributed by atoms with Crippen LogP contribution in [0.5, 0.6) is 0 Å². The third-order valence-electron chi connectivity index (χ3n) is 4.42. The van der Waals surface area contributed by atoms with Crippen molar-refractivity contribution in [3.05, 3.63) is 28.5 Å². The van der Waals surface area contributed by atoms with Gasteiger partial charge in [0, 0.05) is 16.9 Å². The average Bonchev–Trinajstić information content (AvgIpc) is 3.45. The maximum absolute atomic E-state index is 12.8.